The van der Waals surface area contributed by atoms with Gasteiger partial charge in [-0.15, -0.1) is 0 Å². The van der Waals surface area contributed by atoms with Gasteiger partial charge in [-0.25, -0.2) is 0 Å². The van der Waals surface area contributed by atoms with Crippen molar-refractivity contribution in [3.8, 4) is 11.5 Å². The molecule has 0 fully saturated rings. The lowest BCUT2D eigenvalue weighted by Gasteiger charge is -2.18. The first-order valence-corrected chi connectivity index (χ1v) is 8.26. The monoisotopic (exact) mass is 326 g/mol. The Morgan fingerprint density at radius 1 is 1.17 bits per heavy atom. The molecule has 3 rings (SSSR count). The van der Waals surface area contributed by atoms with Gasteiger partial charge in [-0.2, -0.15) is 0 Å². The van der Waals surface area contributed by atoms with Crippen molar-refractivity contribution < 1.29 is 19.4 Å². The van der Waals surface area contributed by atoms with Crippen LogP contribution in [0.15, 0.2) is 42.5 Å². The summed E-state index contributed by atoms with van der Waals surface area (Å²) in [6.45, 7) is 2.73. The molecular weight excluding hydrogens is 304 g/mol. The smallest absolute Gasteiger partial charge is 0.307 e. The van der Waals surface area contributed by atoms with Gasteiger partial charge < -0.3 is 14.6 Å². The largest absolute Gasteiger partial charge is 0.497 e. The molecule has 0 saturated heterocycles. The van der Waals surface area contributed by atoms with E-state index in [1.54, 1.807) is 7.11 Å². The van der Waals surface area contributed by atoms with Gasteiger partial charge in [0, 0.05) is 5.92 Å². The van der Waals surface area contributed by atoms with E-state index in [-0.39, 0.29) is 5.92 Å². The minimum Gasteiger partial charge on any atom is -0.497 e. The zero-order valence-corrected chi connectivity index (χ0v) is 14.0. The zero-order chi connectivity index (χ0) is 17.1. The lowest BCUT2D eigenvalue weighted by Crippen LogP contribution is -2.19. The number of fused-ring (bicyclic) bond motifs is 1. The van der Waals surface area contributed by atoms with Crippen LogP contribution < -0.4 is 9.47 Å². The Morgan fingerprint density at radius 3 is 2.50 bits per heavy atom. The highest BCUT2D eigenvalue weighted by Crippen LogP contribution is 2.44. The molecule has 0 aromatic heterocycles. The zero-order valence-electron chi connectivity index (χ0n) is 14.0. The van der Waals surface area contributed by atoms with Gasteiger partial charge in [-0.1, -0.05) is 25.1 Å². The number of methoxy groups -OCH3 is 1. The highest BCUT2D eigenvalue weighted by molar-refractivity contribution is 5.75. The Balaban J connectivity index is 1.96. The van der Waals surface area contributed by atoms with E-state index in [0.29, 0.717) is 13.0 Å². The van der Waals surface area contributed by atoms with Crippen molar-refractivity contribution in [2.45, 2.75) is 25.7 Å². The van der Waals surface area contributed by atoms with Crippen molar-refractivity contribution in [1.82, 2.24) is 0 Å². The molecule has 4 nitrogen and oxygen atoms in total. The second-order valence-electron chi connectivity index (χ2n) is 6.11. The van der Waals surface area contributed by atoms with Gasteiger partial charge in [0.15, 0.2) is 0 Å². The Bertz CT molecular complexity index is 721. The highest BCUT2D eigenvalue weighted by atomic mass is 16.5. The first-order chi connectivity index (χ1) is 11.6. The number of carbonyl (C=O) groups is 1. The van der Waals surface area contributed by atoms with Gasteiger partial charge in [0.25, 0.3) is 0 Å². The average molecular weight is 326 g/mol. The first kappa shape index (κ1) is 16.4. The third kappa shape index (κ3) is 3.09. The molecule has 0 aliphatic heterocycles. The van der Waals surface area contributed by atoms with E-state index in [4.69, 9.17) is 9.47 Å². The second-order valence-corrected chi connectivity index (χ2v) is 6.11. The number of aliphatic carboxylic acids is 1. The number of carboxylic acid groups (broad SMARTS) is 1. The van der Waals surface area contributed by atoms with E-state index in [0.717, 1.165) is 34.6 Å². The van der Waals surface area contributed by atoms with Gasteiger partial charge in [-0.05, 0) is 53.8 Å². The van der Waals surface area contributed by atoms with E-state index in [1.807, 2.05) is 42.5 Å². The van der Waals surface area contributed by atoms with Crippen LogP contribution in [-0.2, 0) is 11.2 Å². The minimum atomic E-state index is -0.761. The normalized spacial score (nSPS) is 18.9. The average Bonchev–Trinajstić information content (AvgIpc) is 2.99. The number of hydrogen-bond donors (Lipinski definition) is 1. The minimum absolute atomic E-state index is 0.136. The van der Waals surface area contributed by atoms with Crippen molar-refractivity contribution in [3.05, 3.63) is 59.2 Å². The summed E-state index contributed by atoms with van der Waals surface area (Å²) in [5, 5.41) is 9.67. The highest BCUT2D eigenvalue weighted by Gasteiger charge is 2.38. The van der Waals surface area contributed by atoms with Crippen LogP contribution in [0.2, 0.25) is 0 Å². The Morgan fingerprint density at radius 2 is 1.88 bits per heavy atom. The number of benzene rings is 2. The predicted octanol–water partition coefficient (Wildman–Crippen LogP) is 3.87. The van der Waals surface area contributed by atoms with E-state index < -0.39 is 11.9 Å². The van der Waals surface area contributed by atoms with Crippen LogP contribution in [0.1, 0.15) is 36.0 Å². The third-order valence-electron chi connectivity index (χ3n) is 4.56. The summed E-state index contributed by atoms with van der Waals surface area (Å²) < 4.78 is 10.9. The SMILES string of the molecule is CCCOc1ccc2c(c1)CC(C(=O)O)C2c1ccc(OC)cc1. The van der Waals surface area contributed by atoms with Crippen molar-refractivity contribution in [3.63, 3.8) is 0 Å². The number of hydrogen-bond acceptors (Lipinski definition) is 3. The molecule has 1 N–H and O–H groups in total. The quantitative estimate of drug-likeness (QED) is 0.875. The molecule has 0 spiro atoms. The molecule has 0 amide bonds. The van der Waals surface area contributed by atoms with Crippen LogP contribution in [0, 0.1) is 5.92 Å². The molecule has 2 aromatic rings. The Labute approximate surface area is 142 Å². The molecular formula is C20H22O4. The van der Waals surface area contributed by atoms with Gasteiger partial charge >= 0.3 is 5.97 Å². The van der Waals surface area contributed by atoms with E-state index in [2.05, 4.69) is 6.92 Å². The summed E-state index contributed by atoms with van der Waals surface area (Å²) in [7, 11) is 1.62. The number of ether oxygens (including phenoxy) is 2. The molecule has 0 bridgehead atoms. The summed E-state index contributed by atoms with van der Waals surface area (Å²) in [6, 6.07) is 13.6. The number of carboxylic acids is 1. The third-order valence-corrected chi connectivity index (χ3v) is 4.56. The van der Waals surface area contributed by atoms with Crippen LogP contribution in [0.25, 0.3) is 0 Å². The molecule has 4 heteroatoms. The maximum atomic E-state index is 11.8. The van der Waals surface area contributed by atoms with E-state index in [9.17, 15) is 9.90 Å². The molecule has 126 valence electrons. The summed E-state index contributed by atoms with van der Waals surface area (Å²) >= 11 is 0. The van der Waals surface area contributed by atoms with Gasteiger partial charge in [0.2, 0.25) is 0 Å². The van der Waals surface area contributed by atoms with Crippen molar-refractivity contribution in [2.75, 3.05) is 13.7 Å². The Kier molecular flexibility index (Phi) is 4.74. The summed E-state index contributed by atoms with van der Waals surface area (Å²) in [5.41, 5.74) is 3.15. The fourth-order valence-corrected chi connectivity index (χ4v) is 3.40. The standard InChI is InChI=1S/C20H22O4/c1-3-10-24-16-8-9-17-14(11-16)12-18(20(21)22)19(17)13-4-6-15(23-2)7-5-13/h4-9,11,18-19H,3,10,12H2,1-2H3,(H,21,22). The molecule has 0 radical (unpaired) electrons. The van der Waals surface area contributed by atoms with E-state index in [1.165, 1.54) is 0 Å². The topological polar surface area (TPSA) is 55.8 Å². The lowest BCUT2D eigenvalue weighted by molar-refractivity contribution is -0.141. The summed E-state index contributed by atoms with van der Waals surface area (Å²) in [6.07, 6.45) is 1.48. The Hall–Kier alpha value is -2.49. The van der Waals surface area contributed by atoms with Crippen LogP contribution >= 0.6 is 0 Å². The van der Waals surface area contributed by atoms with Gasteiger partial charge in [-0.3, -0.25) is 4.79 Å². The fraction of sp³-hybridized carbons (Fsp3) is 0.350. The molecule has 24 heavy (non-hydrogen) atoms. The van der Waals surface area contributed by atoms with Gasteiger partial charge in [0.1, 0.15) is 11.5 Å². The van der Waals surface area contributed by atoms with Crippen LogP contribution in [0.4, 0.5) is 0 Å². The van der Waals surface area contributed by atoms with Gasteiger partial charge in [0.05, 0.1) is 19.6 Å². The van der Waals surface area contributed by atoms with Crippen LogP contribution in [-0.4, -0.2) is 24.8 Å². The molecule has 2 unspecified atom stereocenters. The molecule has 2 atom stereocenters. The summed E-state index contributed by atoms with van der Waals surface area (Å²) in [4.78, 5) is 11.8. The molecule has 1 aliphatic carbocycles. The summed E-state index contributed by atoms with van der Waals surface area (Å²) in [5.74, 6) is 0.240. The molecule has 0 heterocycles. The van der Waals surface area contributed by atoms with Crippen molar-refractivity contribution >= 4 is 5.97 Å². The first-order valence-electron chi connectivity index (χ1n) is 8.26. The van der Waals surface area contributed by atoms with Crippen molar-refractivity contribution in [2.24, 2.45) is 5.92 Å². The van der Waals surface area contributed by atoms with Crippen LogP contribution in [0.3, 0.4) is 0 Å². The fourth-order valence-electron chi connectivity index (χ4n) is 3.40. The maximum Gasteiger partial charge on any atom is 0.307 e. The van der Waals surface area contributed by atoms with E-state index >= 15 is 0 Å². The van der Waals surface area contributed by atoms with Crippen molar-refractivity contribution in [1.29, 1.82) is 0 Å². The number of rotatable bonds is 6. The second kappa shape index (κ2) is 6.95. The molecule has 0 saturated carbocycles. The lowest BCUT2D eigenvalue weighted by atomic mass is 9.86. The molecule has 2 aromatic carbocycles. The van der Waals surface area contributed by atoms with Crippen LogP contribution in [0.5, 0.6) is 11.5 Å². The molecule has 1 aliphatic rings. The maximum absolute atomic E-state index is 11.8. The predicted molar refractivity (Wildman–Crippen MR) is 91.9 cm³/mol.